The second-order valence-corrected chi connectivity index (χ2v) is 8.34. The number of hydrogen-bond donors (Lipinski definition) is 2. The molecule has 0 bridgehead atoms. The number of carbonyl (C=O) groups excluding carboxylic acids is 1. The minimum atomic E-state index is -0.995. The van der Waals surface area contributed by atoms with Gasteiger partial charge in [0.15, 0.2) is 6.10 Å². The second-order valence-electron chi connectivity index (χ2n) is 4.94. The van der Waals surface area contributed by atoms with Crippen molar-refractivity contribution in [3.8, 4) is 5.75 Å². The van der Waals surface area contributed by atoms with Gasteiger partial charge in [-0.15, -0.1) is 0 Å². The number of ketones is 1. The van der Waals surface area contributed by atoms with Gasteiger partial charge in [-0.1, -0.05) is 0 Å². The van der Waals surface area contributed by atoms with Crippen molar-refractivity contribution in [3.63, 3.8) is 0 Å². The number of Topliss-reactive ketones (excluding diaryl/α,β-unsaturated/α-hetero) is 1. The number of carboxylic acid groups (broad SMARTS) is 1. The van der Waals surface area contributed by atoms with Gasteiger partial charge in [0.2, 0.25) is 0 Å². The predicted molar refractivity (Wildman–Crippen MR) is 117 cm³/mol. The lowest BCUT2D eigenvalue weighted by Crippen LogP contribution is -2.22. The smallest absolute Gasteiger partial charge is 0.332 e. The van der Waals surface area contributed by atoms with E-state index in [2.05, 4.69) is 73.1 Å². The van der Waals surface area contributed by atoms with Crippen LogP contribution >= 0.6 is 67.8 Å². The molecule has 0 heterocycles. The van der Waals surface area contributed by atoms with E-state index in [4.69, 9.17) is 14.6 Å². The SMILES string of the molecule is CC(=O)CCNc1c(I)cc(I)c(OCCOC(C)C(=O)O)c1I. The lowest BCUT2D eigenvalue weighted by Gasteiger charge is -2.17. The largest absolute Gasteiger partial charge is 0.489 e. The van der Waals surface area contributed by atoms with Crippen molar-refractivity contribution in [1.82, 2.24) is 0 Å². The lowest BCUT2D eigenvalue weighted by molar-refractivity contribution is -0.149. The molecule has 0 aliphatic carbocycles. The van der Waals surface area contributed by atoms with Crippen LogP contribution in [0.3, 0.4) is 0 Å². The maximum atomic E-state index is 11.1. The second kappa shape index (κ2) is 11.0. The molecule has 1 unspecified atom stereocenters. The Morgan fingerprint density at radius 3 is 2.50 bits per heavy atom. The van der Waals surface area contributed by atoms with E-state index in [0.29, 0.717) is 13.0 Å². The fourth-order valence-corrected chi connectivity index (χ4v) is 5.73. The first-order valence-corrected chi connectivity index (χ1v) is 10.4. The number of ether oxygens (including phenoxy) is 2. The minimum Gasteiger partial charge on any atom is -0.489 e. The first-order chi connectivity index (χ1) is 11.2. The van der Waals surface area contributed by atoms with Crippen molar-refractivity contribution < 1.29 is 24.2 Å². The normalized spacial score (nSPS) is 11.9. The van der Waals surface area contributed by atoms with Gasteiger partial charge in [0, 0.05) is 16.5 Å². The number of rotatable bonds is 10. The number of benzene rings is 1. The van der Waals surface area contributed by atoms with Gasteiger partial charge in [0.1, 0.15) is 18.1 Å². The van der Waals surface area contributed by atoms with Gasteiger partial charge in [-0.3, -0.25) is 4.79 Å². The van der Waals surface area contributed by atoms with E-state index >= 15 is 0 Å². The summed E-state index contributed by atoms with van der Waals surface area (Å²) in [7, 11) is 0. The zero-order chi connectivity index (χ0) is 18.3. The summed E-state index contributed by atoms with van der Waals surface area (Å²) >= 11 is 6.65. The van der Waals surface area contributed by atoms with E-state index in [1.54, 1.807) is 6.92 Å². The van der Waals surface area contributed by atoms with Crippen molar-refractivity contribution in [2.45, 2.75) is 26.4 Å². The molecule has 134 valence electrons. The van der Waals surface area contributed by atoms with Crippen LogP contribution in [0.1, 0.15) is 20.3 Å². The number of aliphatic carboxylic acids is 1. The highest BCUT2D eigenvalue weighted by Gasteiger charge is 2.16. The Bertz CT molecular complexity index is 609. The van der Waals surface area contributed by atoms with E-state index in [1.807, 2.05) is 6.07 Å². The van der Waals surface area contributed by atoms with Crippen LogP contribution in [-0.2, 0) is 14.3 Å². The fraction of sp³-hybridized carbons (Fsp3) is 0.467. The molecule has 0 spiro atoms. The monoisotopic (exact) mass is 673 g/mol. The molecule has 0 aliphatic rings. The molecule has 1 aromatic carbocycles. The number of carbonyl (C=O) groups is 2. The quantitative estimate of drug-likeness (QED) is 0.291. The van der Waals surface area contributed by atoms with E-state index in [0.717, 1.165) is 22.1 Å². The fourth-order valence-electron chi connectivity index (χ4n) is 1.67. The topological polar surface area (TPSA) is 84.9 Å². The summed E-state index contributed by atoms with van der Waals surface area (Å²) in [6, 6.07) is 2.00. The highest BCUT2D eigenvalue weighted by molar-refractivity contribution is 14.1. The van der Waals surface area contributed by atoms with Crippen molar-refractivity contribution in [3.05, 3.63) is 16.8 Å². The van der Waals surface area contributed by atoms with Crippen LogP contribution in [0.2, 0.25) is 0 Å². The molecule has 24 heavy (non-hydrogen) atoms. The predicted octanol–water partition coefficient (Wildman–Crippen LogP) is 3.76. The number of carboxylic acids is 1. The Labute approximate surface area is 181 Å². The van der Waals surface area contributed by atoms with Gasteiger partial charge in [-0.25, -0.2) is 4.79 Å². The van der Waals surface area contributed by atoms with Crippen LogP contribution in [-0.4, -0.2) is 42.7 Å². The number of nitrogens with one attached hydrogen (secondary N) is 1. The molecular formula is C15H18I3NO5. The highest BCUT2D eigenvalue weighted by atomic mass is 127. The van der Waals surface area contributed by atoms with Crippen LogP contribution in [0.4, 0.5) is 5.69 Å². The van der Waals surface area contributed by atoms with Gasteiger partial charge >= 0.3 is 5.97 Å². The molecule has 0 saturated heterocycles. The number of anilines is 1. The zero-order valence-electron chi connectivity index (χ0n) is 13.2. The van der Waals surface area contributed by atoms with Crippen molar-refractivity contribution in [2.24, 2.45) is 0 Å². The van der Waals surface area contributed by atoms with Gasteiger partial charge < -0.3 is 19.9 Å². The van der Waals surface area contributed by atoms with Crippen molar-refractivity contribution in [1.29, 1.82) is 0 Å². The average molecular weight is 673 g/mol. The van der Waals surface area contributed by atoms with Gasteiger partial charge in [0.25, 0.3) is 0 Å². The van der Waals surface area contributed by atoms with E-state index in [-0.39, 0.29) is 19.0 Å². The molecule has 2 N–H and O–H groups in total. The maximum absolute atomic E-state index is 11.1. The molecule has 1 aromatic rings. The Morgan fingerprint density at radius 2 is 1.92 bits per heavy atom. The van der Waals surface area contributed by atoms with Crippen LogP contribution in [0, 0.1) is 10.7 Å². The number of hydrogen-bond acceptors (Lipinski definition) is 5. The maximum Gasteiger partial charge on any atom is 0.332 e. The molecule has 0 fully saturated rings. The summed E-state index contributed by atoms with van der Waals surface area (Å²) in [6.07, 6.45) is -0.387. The molecule has 0 aromatic heterocycles. The number of halogens is 3. The molecule has 0 amide bonds. The summed E-state index contributed by atoms with van der Waals surface area (Å²) in [5.41, 5.74) is 0.938. The average Bonchev–Trinajstić information content (AvgIpc) is 2.48. The van der Waals surface area contributed by atoms with Crippen LogP contribution in [0.15, 0.2) is 6.07 Å². The van der Waals surface area contributed by atoms with Gasteiger partial charge in [0.05, 0.1) is 19.4 Å². The van der Waals surface area contributed by atoms with Crippen molar-refractivity contribution in [2.75, 3.05) is 25.1 Å². The molecule has 1 rings (SSSR count). The van der Waals surface area contributed by atoms with Crippen molar-refractivity contribution >= 4 is 85.2 Å². The highest BCUT2D eigenvalue weighted by Crippen LogP contribution is 2.36. The zero-order valence-corrected chi connectivity index (χ0v) is 19.7. The molecule has 1 atom stereocenters. The van der Waals surface area contributed by atoms with E-state index in [9.17, 15) is 9.59 Å². The summed E-state index contributed by atoms with van der Waals surface area (Å²) in [5.74, 6) is -0.127. The van der Waals surface area contributed by atoms with Gasteiger partial charge in [-0.2, -0.15) is 0 Å². The molecular weight excluding hydrogens is 655 g/mol. The van der Waals surface area contributed by atoms with Crippen LogP contribution < -0.4 is 10.1 Å². The third-order valence-corrected chi connectivity index (χ3v) is 5.63. The molecule has 0 saturated carbocycles. The first-order valence-electron chi connectivity index (χ1n) is 7.12. The Hall–Kier alpha value is 0.110. The standard InChI is InChI=1S/C15H18I3NO5/c1-8(20)3-4-19-13-10(16)7-11(17)14(12(13)18)24-6-5-23-9(2)15(21)22/h7,9,19H,3-6H2,1-2H3,(H,21,22). The molecule has 0 aliphatic heterocycles. The molecule has 9 heteroatoms. The Balaban J connectivity index is 2.72. The summed E-state index contributed by atoms with van der Waals surface area (Å²) in [4.78, 5) is 21.8. The molecule has 0 radical (unpaired) electrons. The summed E-state index contributed by atoms with van der Waals surface area (Å²) in [6.45, 7) is 4.08. The minimum absolute atomic E-state index is 0.138. The van der Waals surface area contributed by atoms with E-state index < -0.39 is 12.1 Å². The van der Waals surface area contributed by atoms with Gasteiger partial charge in [-0.05, 0) is 87.7 Å². The third kappa shape index (κ3) is 7.15. The summed E-state index contributed by atoms with van der Waals surface area (Å²) < 4.78 is 13.9. The summed E-state index contributed by atoms with van der Waals surface area (Å²) in [5, 5.41) is 12.0. The Morgan fingerprint density at radius 1 is 1.25 bits per heavy atom. The lowest BCUT2D eigenvalue weighted by atomic mass is 10.2. The third-order valence-electron chi connectivity index (χ3n) is 2.95. The van der Waals surface area contributed by atoms with E-state index in [1.165, 1.54) is 6.92 Å². The molecule has 6 nitrogen and oxygen atoms in total. The van der Waals surface area contributed by atoms with Crippen LogP contribution in [0.25, 0.3) is 0 Å². The van der Waals surface area contributed by atoms with Crippen LogP contribution in [0.5, 0.6) is 5.75 Å². The first kappa shape index (κ1) is 22.2. The Kier molecular flexibility index (Phi) is 10.1.